The van der Waals surface area contributed by atoms with Gasteiger partial charge < -0.3 is 15.2 Å². The summed E-state index contributed by atoms with van der Waals surface area (Å²) < 4.78 is 10.4. The largest absolute Gasteiger partial charge is 0.459 e. The maximum absolute atomic E-state index is 11.8. The van der Waals surface area contributed by atoms with E-state index in [1.54, 1.807) is 0 Å². The number of anilines is 1. The first kappa shape index (κ1) is 13.3. The molecule has 1 aliphatic rings. The van der Waals surface area contributed by atoms with Gasteiger partial charge in [-0.15, -0.1) is 0 Å². The van der Waals surface area contributed by atoms with Gasteiger partial charge in [0, 0.05) is 24.4 Å². The highest BCUT2D eigenvalue weighted by Gasteiger charge is 2.20. The van der Waals surface area contributed by atoms with Crippen molar-refractivity contribution in [2.75, 3.05) is 18.9 Å². The summed E-state index contributed by atoms with van der Waals surface area (Å²) in [6.07, 6.45) is 1.70. The Kier molecular flexibility index (Phi) is 3.96. The van der Waals surface area contributed by atoms with Crippen molar-refractivity contribution in [3.63, 3.8) is 0 Å². The van der Waals surface area contributed by atoms with Gasteiger partial charge in [0.25, 0.3) is 5.69 Å². The number of nitro groups is 1. The molecule has 0 amide bonds. The Morgan fingerprint density at radius 2 is 2.37 bits per heavy atom. The van der Waals surface area contributed by atoms with Crippen molar-refractivity contribution in [3.8, 4) is 0 Å². The Balaban J connectivity index is 2.04. The van der Waals surface area contributed by atoms with Crippen LogP contribution in [-0.4, -0.2) is 30.2 Å². The summed E-state index contributed by atoms with van der Waals surface area (Å²) >= 11 is 0. The summed E-state index contributed by atoms with van der Waals surface area (Å²) in [5.41, 5.74) is 5.59. The lowest BCUT2D eigenvalue weighted by molar-refractivity contribution is -0.384. The fraction of sp³-hybridized carbons (Fsp3) is 0.417. The minimum Gasteiger partial charge on any atom is -0.459 e. The fourth-order valence-corrected chi connectivity index (χ4v) is 1.86. The molecule has 7 heteroatoms. The number of hydrogen-bond acceptors (Lipinski definition) is 6. The average Bonchev–Trinajstić information content (AvgIpc) is 2.89. The molecule has 1 saturated heterocycles. The van der Waals surface area contributed by atoms with Gasteiger partial charge in [0.05, 0.1) is 16.6 Å². The summed E-state index contributed by atoms with van der Waals surface area (Å²) in [6.45, 7) is 0.808. The molecule has 0 bridgehead atoms. The van der Waals surface area contributed by atoms with E-state index >= 15 is 0 Å². The Labute approximate surface area is 109 Å². The molecule has 1 atom stereocenters. The number of non-ortho nitro benzene ring substituents is 1. The third kappa shape index (κ3) is 3.19. The molecule has 102 valence electrons. The van der Waals surface area contributed by atoms with E-state index < -0.39 is 10.9 Å². The van der Waals surface area contributed by atoms with Crippen LogP contribution >= 0.6 is 0 Å². The molecule has 2 N–H and O–H groups in total. The fourth-order valence-electron chi connectivity index (χ4n) is 1.86. The standard InChI is InChI=1S/C12H14N2O5/c13-11-4-3-8(14(16)17)6-10(11)12(15)19-7-9-2-1-5-18-9/h3-4,6,9H,1-2,5,7,13H2. The van der Waals surface area contributed by atoms with Crippen LogP contribution in [0.25, 0.3) is 0 Å². The van der Waals surface area contributed by atoms with Gasteiger partial charge in [-0.25, -0.2) is 4.79 Å². The van der Waals surface area contributed by atoms with E-state index in [1.165, 1.54) is 12.1 Å². The first-order chi connectivity index (χ1) is 9.08. The molecule has 1 fully saturated rings. The van der Waals surface area contributed by atoms with E-state index in [0.29, 0.717) is 6.61 Å². The minimum absolute atomic E-state index is 0.00666. The van der Waals surface area contributed by atoms with Gasteiger partial charge in [-0.3, -0.25) is 10.1 Å². The number of nitrogen functional groups attached to an aromatic ring is 1. The van der Waals surface area contributed by atoms with Crippen molar-refractivity contribution in [1.82, 2.24) is 0 Å². The van der Waals surface area contributed by atoms with Gasteiger partial charge in [-0.1, -0.05) is 0 Å². The minimum atomic E-state index is -0.670. The molecule has 7 nitrogen and oxygen atoms in total. The number of esters is 1. The van der Waals surface area contributed by atoms with Crippen LogP contribution in [0.2, 0.25) is 0 Å². The van der Waals surface area contributed by atoms with Gasteiger partial charge >= 0.3 is 5.97 Å². The highest BCUT2D eigenvalue weighted by Crippen LogP contribution is 2.21. The summed E-state index contributed by atoms with van der Waals surface area (Å²) in [4.78, 5) is 21.9. The van der Waals surface area contributed by atoms with Crippen LogP contribution in [0, 0.1) is 10.1 Å². The van der Waals surface area contributed by atoms with Gasteiger partial charge in [0.1, 0.15) is 6.61 Å². The molecule has 0 aliphatic carbocycles. The monoisotopic (exact) mass is 266 g/mol. The van der Waals surface area contributed by atoms with Crippen LogP contribution < -0.4 is 5.73 Å². The lowest BCUT2D eigenvalue weighted by Crippen LogP contribution is -2.18. The number of benzene rings is 1. The molecule has 19 heavy (non-hydrogen) atoms. The number of nitrogens with two attached hydrogens (primary N) is 1. The molecular formula is C12H14N2O5. The quantitative estimate of drug-likeness (QED) is 0.383. The summed E-state index contributed by atoms with van der Waals surface area (Å²) in [7, 11) is 0. The zero-order valence-electron chi connectivity index (χ0n) is 10.2. The van der Waals surface area contributed by atoms with E-state index in [9.17, 15) is 14.9 Å². The predicted molar refractivity (Wildman–Crippen MR) is 66.8 cm³/mol. The zero-order chi connectivity index (χ0) is 13.8. The zero-order valence-corrected chi connectivity index (χ0v) is 10.2. The van der Waals surface area contributed by atoms with Crippen LogP contribution in [0.5, 0.6) is 0 Å². The highest BCUT2D eigenvalue weighted by molar-refractivity contribution is 5.95. The molecule has 1 heterocycles. The molecule has 1 aromatic rings. The van der Waals surface area contributed by atoms with E-state index in [1.807, 2.05) is 0 Å². The first-order valence-electron chi connectivity index (χ1n) is 5.90. The van der Waals surface area contributed by atoms with Crippen molar-refractivity contribution in [2.45, 2.75) is 18.9 Å². The Morgan fingerprint density at radius 3 is 3.00 bits per heavy atom. The number of nitro benzene ring substituents is 1. The molecule has 0 radical (unpaired) electrons. The average molecular weight is 266 g/mol. The third-order valence-corrected chi connectivity index (χ3v) is 2.89. The third-order valence-electron chi connectivity index (χ3n) is 2.89. The number of nitrogens with zero attached hydrogens (tertiary/aromatic N) is 1. The van der Waals surface area contributed by atoms with E-state index in [-0.39, 0.29) is 29.6 Å². The van der Waals surface area contributed by atoms with Crippen LogP contribution in [0.3, 0.4) is 0 Å². The number of hydrogen-bond donors (Lipinski definition) is 1. The molecule has 1 aromatic carbocycles. The van der Waals surface area contributed by atoms with Crippen molar-refractivity contribution in [2.24, 2.45) is 0 Å². The van der Waals surface area contributed by atoms with Gasteiger partial charge in [-0.2, -0.15) is 0 Å². The maximum atomic E-state index is 11.8. The van der Waals surface area contributed by atoms with Crippen LogP contribution in [0.1, 0.15) is 23.2 Å². The Bertz CT molecular complexity index is 497. The molecule has 1 unspecified atom stereocenters. The van der Waals surface area contributed by atoms with Crippen molar-refractivity contribution >= 4 is 17.3 Å². The summed E-state index contributed by atoms with van der Waals surface area (Å²) in [5, 5.41) is 10.6. The van der Waals surface area contributed by atoms with E-state index in [4.69, 9.17) is 15.2 Å². The van der Waals surface area contributed by atoms with Crippen LogP contribution in [0.4, 0.5) is 11.4 Å². The second-order valence-corrected chi connectivity index (χ2v) is 4.26. The van der Waals surface area contributed by atoms with Crippen LogP contribution in [-0.2, 0) is 9.47 Å². The van der Waals surface area contributed by atoms with Crippen molar-refractivity contribution in [3.05, 3.63) is 33.9 Å². The predicted octanol–water partition coefficient (Wildman–Crippen LogP) is 1.51. The highest BCUT2D eigenvalue weighted by atomic mass is 16.6. The first-order valence-corrected chi connectivity index (χ1v) is 5.90. The molecular weight excluding hydrogens is 252 g/mol. The molecule has 2 rings (SSSR count). The molecule has 0 aromatic heterocycles. The van der Waals surface area contributed by atoms with E-state index in [0.717, 1.165) is 18.9 Å². The lowest BCUT2D eigenvalue weighted by atomic mass is 10.1. The summed E-state index contributed by atoms with van der Waals surface area (Å²) in [6, 6.07) is 3.68. The molecule has 0 spiro atoms. The van der Waals surface area contributed by atoms with Gasteiger partial charge in [0.2, 0.25) is 0 Å². The van der Waals surface area contributed by atoms with E-state index in [2.05, 4.69) is 0 Å². The maximum Gasteiger partial charge on any atom is 0.340 e. The normalized spacial score (nSPS) is 18.2. The Hall–Kier alpha value is -2.15. The topological polar surface area (TPSA) is 105 Å². The summed E-state index contributed by atoms with van der Waals surface area (Å²) in [5.74, 6) is -0.670. The second-order valence-electron chi connectivity index (χ2n) is 4.26. The SMILES string of the molecule is Nc1ccc([N+](=O)[O-])cc1C(=O)OCC1CCCO1. The van der Waals surface area contributed by atoms with Crippen LogP contribution in [0.15, 0.2) is 18.2 Å². The number of rotatable bonds is 4. The van der Waals surface area contributed by atoms with Gasteiger partial charge in [-0.05, 0) is 18.9 Å². The molecule has 0 saturated carbocycles. The molecule has 1 aliphatic heterocycles. The van der Waals surface area contributed by atoms with Crippen molar-refractivity contribution in [1.29, 1.82) is 0 Å². The smallest absolute Gasteiger partial charge is 0.340 e. The number of carbonyl (C=O) groups excluding carboxylic acids is 1. The lowest BCUT2D eigenvalue weighted by Gasteiger charge is -2.11. The van der Waals surface area contributed by atoms with Gasteiger partial charge in [0.15, 0.2) is 0 Å². The van der Waals surface area contributed by atoms with Crippen molar-refractivity contribution < 1.29 is 19.2 Å². The Morgan fingerprint density at radius 1 is 1.58 bits per heavy atom. The second kappa shape index (κ2) is 5.66. The number of ether oxygens (including phenoxy) is 2. The number of carbonyl (C=O) groups is 1.